The zero-order valence-electron chi connectivity index (χ0n) is 11.2. The van der Waals surface area contributed by atoms with Gasteiger partial charge in [-0.05, 0) is 25.7 Å². The second-order valence-electron chi connectivity index (χ2n) is 5.09. The van der Waals surface area contributed by atoms with E-state index in [1.54, 1.807) is 11.7 Å². The normalized spacial score (nSPS) is 19.9. The van der Waals surface area contributed by atoms with Crippen molar-refractivity contribution in [3.8, 4) is 0 Å². The third kappa shape index (κ3) is 2.42. The van der Waals surface area contributed by atoms with Crippen LogP contribution in [0, 0.1) is 12.8 Å². The number of carbonyl (C=O) groups is 1. The van der Waals surface area contributed by atoms with Crippen molar-refractivity contribution in [1.29, 1.82) is 0 Å². The topological polar surface area (TPSA) is 76.2 Å². The molecule has 1 aliphatic rings. The number of piperidine rings is 1. The van der Waals surface area contributed by atoms with E-state index < -0.39 is 0 Å². The first-order valence-corrected chi connectivity index (χ1v) is 6.34. The third-order valence-corrected chi connectivity index (χ3v) is 3.44. The number of carbonyl (C=O) groups excluding carboxylic acids is 1. The highest BCUT2D eigenvalue weighted by atomic mass is 16.2. The predicted octanol–water partition coefficient (Wildman–Crippen LogP) is 1.57. The third-order valence-electron chi connectivity index (χ3n) is 3.44. The van der Waals surface area contributed by atoms with Crippen LogP contribution in [-0.4, -0.2) is 33.8 Å². The van der Waals surface area contributed by atoms with Gasteiger partial charge in [-0.2, -0.15) is 5.10 Å². The van der Waals surface area contributed by atoms with Crippen LogP contribution in [-0.2, 0) is 7.05 Å². The number of hydrogen-bond donors (Lipinski definition) is 2. The van der Waals surface area contributed by atoms with E-state index in [2.05, 4.69) is 17.3 Å². The molecule has 18 heavy (non-hydrogen) atoms. The van der Waals surface area contributed by atoms with Crippen molar-refractivity contribution in [2.24, 2.45) is 13.0 Å². The molecule has 1 aliphatic heterocycles. The monoisotopic (exact) mass is 251 g/mol. The van der Waals surface area contributed by atoms with Crippen LogP contribution >= 0.6 is 0 Å². The zero-order valence-corrected chi connectivity index (χ0v) is 11.2. The molecule has 1 saturated heterocycles. The number of nitrogens with zero attached hydrogens (tertiary/aromatic N) is 3. The van der Waals surface area contributed by atoms with Crippen LogP contribution in [0.2, 0.25) is 0 Å². The van der Waals surface area contributed by atoms with Crippen LogP contribution < -0.4 is 11.1 Å². The standard InChI is InChI=1S/C12H21N5O/c1-8-5-4-6-17(7-8)12(18)14-11-10(13)9(2)15-16(11)3/h8H,4-7,13H2,1-3H3,(H,14,18). The molecule has 0 spiro atoms. The van der Waals surface area contributed by atoms with Gasteiger partial charge < -0.3 is 10.6 Å². The first-order chi connectivity index (χ1) is 8.49. The van der Waals surface area contributed by atoms with Crippen LogP contribution in [0.1, 0.15) is 25.5 Å². The van der Waals surface area contributed by atoms with Gasteiger partial charge in [-0.3, -0.25) is 10.00 Å². The fraction of sp³-hybridized carbons (Fsp3) is 0.667. The van der Waals surface area contributed by atoms with Crippen LogP contribution in [0.5, 0.6) is 0 Å². The van der Waals surface area contributed by atoms with Gasteiger partial charge in [0, 0.05) is 20.1 Å². The minimum Gasteiger partial charge on any atom is -0.394 e. The SMILES string of the molecule is Cc1nn(C)c(NC(=O)N2CCCC(C)C2)c1N. The van der Waals surface area contributed by atoms with Gasteiger partial charge in [0.1, 0.15) is 0 Å². The van der Waals surface area contributed by atoms with Crippen molar-refractivity contribution < 1.29 is 4.79 Å². The molecule has 1 unspecified atom stereocenters. The number of likely N-dealkylation sites (tertiary alicyclic amines) is 1. The van der Waals surface area contributed by atoms with E-state index in [9.17, 15) is 4.79 Å². The molecule has 1 aromatic heterocycles. The second kappa shape index (κ2) is 4.88. The molecule has 6 heteroatoms. The smallest absolute Gasteiger partial charge is 0.323 e. The lowest BCUT2D eigenvalue weighted by Gasteiger charge is -2.30. The molecule has 1 atom stereocenters. The van der Waals surface area contributed by atoms with E-state index in [0.717, 1.165) is 25.2 Å². The molecule has 2 amide bonds. The largest absolute Gasteiger partial charge is 0.394 e. The highest BCUT2D eigenvalue weighted by molar-refractivity contribution is 5.91. The maximum Gasteiger partial charge on any atom is 0.323 e. The fourth-order valence-corrected chi connectivity index (χ4v) is 2.38. The molecule has 2 heterocycles. The number of nitrogens with one attached hydrogen (secondary N) is 1. The van der Waals surface area contributed by atoms with E-state index in [1.165, 1.54) is 6.42 Å². The number of anilines is 2. The lowest BCUT2D eigenvalue weighted by molar-refractivity contribution is 0.182. The van der Waals surface area contributed by atoms with Crippen LogP contribution in [0.3, 0.4) is 0 Å². The average molecular weight is 251 g/mol. The summed E-state index contributed by atoms with van der Waals surface area (Å²) in [6.07, 6.45) is 2.26. The summed E-state index contributed by atoms with van der Waals surface area (Å²) in [5, 5.41) is 7.03. The van der Waals surface area contributed by atoms with Crippen LogP contribution in [0.25, 0.3) is 0 Å². The van der Waals surface area contributed by atoms with Gasteiger partial charge in [-0.1, -0.05) is 6.92 Å². The van der Waals surface area contributed by atoms with Crippen molar-refractivity contribution in [1.82, 2.24) is 14.7 Å². The number of hydrogen-bond acceptors (Lipinski definition) is 3. The Balaban J connectivity index is 2.06. The molecule has 0 radical (unpaired) electrons. The van der Waals surface area contributed by atoms with E-state index in [-0.39, 0.29) is 6.03 Å². The molecule has 6 nitrogen and oxygen atoms in total. The second-order valence-corrected chi connectivity index (χ2v) is 5.09. The Bertz CT molecular complexity index is 454. The van der Waals surface area contributed by atoms with Crippen LogP contribution in [0.4, 0.5) is 16.3 Å². The van der Waals surface area contributed by atoms with Gasteiger partial charge in [-0.15, -0.1) is 0 Å². The summed E-state index contributed by atoms with van der Waals surface area (Å²) in [6.45, 7) is 5.62. The number of nitrogen functional groups attached to an aromatic ring is 1. The van der Waals surface area contributed by atoms with Crippen molar-refractivity contribution in [2.45, 2.75) is 26.7 Å². The summed E-state index contributed by atoms with van der Waals surface area (Å²) in [6, 6.07) is -0.0868. The first-order valence-electron chi connectivity index (χ1n) is 6.34. The van der Waals surface area contributed by atoms with Crippen LogP contribution in [0.15, 0.2) is 0 Å². The summed E-state index contributed by atoms with van der Waals surface area (Å²) in [5.41, 5.74) is 7.17. The first kappa shape index (κ1) is 12.7. The highest BCUT2D eigenvalue weighted by Crippen LogP contribution is 2.22. The molecule has 0 aromatic carbocycles. The summed E-state index contributed by atoms with van der Waals surface area (Å²) in [7, 11) is 1.78. The van der Waals surface area contributed by atoms with Crippen molar-refractivity contribution in [3.63, 3.8) is 0 Å². The van der Waals surface area contributed by atoms with Gasteiger partial charge in [-0.25, -0.2) is 4.79 Å². The quantitative estimate of drug-likeness (QED) is 0.795. The molecule has 0 saturated carbocycles. The number of rotatable bonds is 1. The van der Waals surface area contributed by atoms with Gasteiger partial charge in [0.2, 0.25) is 0 Å². The Morgan fingerprint density at radius 1 is 1.56 bits per heavy atom. The summed E-state index contributed by atoms with van der Waals surface area (Å²) in [4.78, 5) is 14.0. The lowest BCUT2D eigenvalue weighted by Crippen LogP contribution is -2.42. The Hall–Kier alpha value is -1.72. The molecular weight excluding hydrogens is 230 g/mol. The maximum atomic E-state index is 12.1. The summed E-state index contributed by atoms with van der Waals surface area (Å²) < 4.78 is 1.61. The Labute approximate surface area is 107 Å². The molecule has 1 fully saturated rings. The van der Waals surface area contributed by atoms with Gasteiger partial charge >= 0.3 is 6.03 Å². The molecule has 2 rings (SSSR count). The number of nitrogens with two attached hydrogens (primary N) is 1. The molecular formula is C12H21N5O. The minimum absolute atomic E-state index is 0.0868. The number of urea groups is 1. The summed E-state index contributed by atoms with van der Waals surface area (Å²) >= 11 is 0. The highest BCUT2D eigenvalue weighted by Gasteiger charge is 2.22. The lowest BCUT2D eigenvalue weighted by atomic mass is 10.0. The number of aromatic nitrogens is 2. The van der Waals surface area contributed by atoms with E-state index in [4.69, 9.17) is 5.73 Å². The molecule has 0 aliphatic carbocycles. The molecule has 3 N–H and O–H groups in total. The molecule has 0 bridgehead atoms. The minimum atomic E-state index is -0.0868. The summed E-state index contributed by atoms with van der Waals surface area (Å²) in [5.74, 6) is 1.14. The zero-order chi connectivity index (χ0) is 13.3. The van der Waals surface area contributed by atoms with Gasteiger partial charge in [0.05, 0.1) is 11.4 Å². The van der Waals surface area contributed by atoms with Crippen molar-refractivity contribution in [3.05, 3.63) is 5.69 Å². The number of amides is 2. The van der Waals surface area contributed by atoms with Gasteiger partial charge in [0.25, 0.3) is 0 Å². The fourth-order valence-electron chi connectivity index (χ4n) is 2.38. The van der Waals surface area contributed by atoms with E-state index in [1.807, 2.05) is 11.8 Å². The predicted molar refractivity (Wildman–Crippen MR) is 71.3 cm³/mol. The van der Waals surface area contributed by atoms with Crippen molar-refractivity contribution in [2.75, 3.05) is 24.1 Å². The Kier molecular flexibility index (Phi) is 3.45. The Morgan fingerprint density at radius 2 is 2.28 bits per heavy atom. The maximum absolute atomic E-state index is 12.1. The Morgan fingerprint density at radius 3 is 2.83 bits per heavy atom. The van der Waals surface area contributed by atoms with Crippen molar-refractivity contribution >= 4 is 17.5 Å². The molecule has 100 valence electrons. The van der Waals surface area contributed by atoms with E-state index in [0.29, 0.717) is 17.4 Å². The average Bonchev–Trinajstić information content (AvgIpc) is 2.56. The van der Waals surface area contributed by atoms with Gasteiger partial charge in [0.15, 0.2) is 5.82 Å². The van der Waals surface area contributed by atoms with E-state index >= 15 is 0 Å². The number of aryl methyl sites for hydroxylation is 2. The molecule has 1 aromatic rings.